The van der Waals surface area contributed by atoms with Gasteiger partial charge in [-0.15, -0.1) is 0 Å². The summed E-state index contributed by atoms with van der Waals surface area (Å²) in [7, 11) is 0. The molecule has 0 aliphatic rings. The van der Waals surface area contributed by atoms with Crippen molar-refractivity contribution >= 4 is 22.6 Å². The SMILES string of the molecule is CC(=O)Cn1cc(C(N)=O)c2cc(-c3cnc(C)nc3)ccc21. The summed E-state index contributed by atoms with van der Waals surface area (Å²) in [6.45, 7) is 3.53. The molecule has 6 heteroatoms. The third kappa shape index (κ3) is 2.83. The van der Waals surface area contributed by atoms with Crippen LogP contribution in [0, 0.1) is 6.92 Å². The Hall–Kier alpha value is -3.02. The second kappa shape index (κ2) is 5.64. The second-order valence-corrected chi connectivity index (χ2v) is 5.49. The molecule has 2 heterocycles. The molecule has 0 saturated carbocycles. The Morgan fingerprint density at radius 1 is 1.17 bits per heavy atom. The number of rotatable bonds is 4. The standard InChI is InChI=1S/C17H16N4O2/c1-10(22)8-21-9-15(17(18)23)14-5-12(3-4-16(14)21)13-6-19-11(2)20-7-13/h3-7,9H,8H2,1-2H3,(H2,18,23). The number of aryl methyl sites for hydroxylation is 1. The molecule has 0 bridgehead atoms. The van der Waals surface area contributed by atoms with Crippen molar-refractivity contribution in [3.05, 3.63) is 48.2 Å². The number of fused-ring (bicyclic) bond motifs is 1. The van der Waals surface area contributed by atoms with Crippen LogP contribution >= 0.6 is 0 Å². The van der Waals surface area contributed by atoms with Crippen LogP contribution in [0.2, 0.25) is 0 Å². The van der Waals surface area contributed by atoms with Gasteiger partial charge in [-0.3, -0.25) is 9.59 Å². The summed E-state index contributed by atoms with van der Waals surface area (Å²) in [5, 5.41) is 0.719. The lowest BCUT2D eigenvalue weighted by Gasteiger charge is -2.05. The maximum atomic E-state index is 11.7. The number of nitrogens with two attached hydrogens (primary N) is 1. The lowest BCUT2D eigenvalue weighted by Crippen LogP contribution is -2.10. The van der Waals surface area contributed by atoms with E-state index < -0.39 is 5.91 Å². The van der Waals surface area contributed by atoms with Crippen molar-refractivity contribution < 1.29 is 9.59 Å². The molecule has 116 valence electrons. The molecule has 0 saturated heterocycles. The lowest BCUT2D eigenvalue weighted by molar-refractivity contribution is -0.117. The zero-order valence-electron chi connectivity index (χ0n) is 12.9. The number of ketones is 1. The van der Waals surface area contributed by atoms with E-state index in [4.69, 9.17) is 5.73 Å². The average Bonchev–Trinajstić information content (AvgIpc) is 2.85. The van der Waals surface area contributed by atoms with Crippen LogP contribution in [-0.2, 0) is 11.3 Å². The van der Waals surface area contributed by atoms with Gasteiger partial charge in [-0.25, -0.2) is 9.97 Å². The van der Waals surface area contributed by atoms with E-state index in [1.165, 1.54) is 6.92 Å². The number of carbonyl (C=O) groups excluding carboxylic acids is 2. The fraction of sp³-hybridized carbons (Fsp3) is 0.176. The van der Waals surface area contributed by atoms with Crippen molar-refractivity contribution in [1.82, 2.24) is 14.5 Å². The smallest absolute Gasteiger partial charge is 0.250 e. The predicted molar refractivity (Wildman–Crippen MR) is 86.9 cm³/mol. The molecule has 0 radical (unpaired) electrons. The van der Waals surface area contributed by atoms with Gasteiger partial charge >= 0.3 is 0 Å². The highest BCUT2D eigenvalue weighted by molar-refractivity contribution is 6.07. The number of hydrogen-bond acceptors (Lipinski definition) is 4. The van der Waals surface area contributed by atoms with E-state index in [0.29, 0.717) is 11.4 Å². The maximum absolute atomic E-state index is 11.7. The molecule has 3 aromatic rings. The van der Waals surface area contributed by atoms with Gasteiger partial charge in [-0.1, -0.05) is 6.07 Å². The number of aromatic nitrogens is 3. The van der Waals surface area contributed by atoms with Gasteiger partial charge in [-0.05, 0) is 31.5 Å². The normalized spacial score (nSPS) is 10.9. The second-order valence-electron chi connectivity index (χ2n) is 5.49. The van der Waals surface area contributed by atoms with Gasteiger partial charge < -0.3 is 10.3 Å². The van der Waals surface area contributed by atoms with Crippen LogP contribution in [0.4, 0.5) is 0 Å². The van der Waals surface area contributed by atoms with E-state index in [2.05, 4.69) is 9.97 Å². The van der Waals surface area contributed by atoms with Crippen LogP contribution in [0.1, 0.15) is 23.1 Å². The highest BCUT2D eigenvalue weighted by Crippen LogP contribution is 2.27. The Morgan fingerprint density at radius 3 is 2.48 bits per heavy atom. The molecule has 0 aliphatic carbocycles. The van der Waals surface area contributed by atoms with E-state index in [1.807, 2.05) is 25.1 Å². The van der Waals surface area contributed by atoms with Gasteiger partial charge in [0.05, 0.1) is 12.1 Å². The zero-order chi connectivity index (χ0) is 16.6. The Bertz CT molecular complexity index is 910. The number of primary amides is 1. The molecule has 2 N–H and O–H groups in total. The van der Waals surface area contributed by atoms with E-state index in [0.717, 1.165) is 22.0 Å². The fourth-order valence-electron chi connectivity index (χ4n) is 2.59. The summed E-state index contributed by atoms with van der Waals surface area (Å²) >= 11 is 0. The van der Waals surface area contributed by atoms with Crippen molar-refractivity contribution in [2.24, 2.45) is 5.73 Å². The minimum atomic E-state index is -0.519. The van der Waals surface area contributed by atoms with Crippen LogP contribution in [0.3, 0.4) is 0 Å². The molecule has 2 aromatic heterocycles. The molecule has 1 aromatic carbocycles. The lowest BCUT2D eigenvalue weighted by atomic mass is 10.0. The zero-order valence-corrected chi connectivity index (χ0v) is 12.9. The highest BCUT2D eigenvalue weighted by atomic mass is 16.1. The van der Waals surface area contributed by atoms with Gasteiger partial charge in [0.2, 0.25) is 0 Å². The molecule has 0 fully saturated rings. The first-order chi connectivity index (χ1) is 11.0. The van der Waals surface area contributed by atoms with Crippen molar-refractivity contribution in [3.63, 3.8) is 0 Å². The molecule has 0 aliphatic heterocycles. The van der Waals surface area contributed by atoms with E-state index >= 15 is 0 Å². The van der Waals surface area contributed by atoms with Gasteiger partial charge in [0.25, 0.3) is 5.91 Å². The van der Waals surface area contributed by atoms with E-state index in [1.54, 1.807) is 23.2 Å². The first-order valence-corrected chi connectivity index (χ1v) is 7.17. The molecule has 0 unspecified atom stereocenters. The Labute approximate surface area is 133 Å². The van der Waals surface area contributed by atoms with Crippen LogP contribution in [0.25, 0.3) is 22.0 Å². The molecule has 1 amide bonds. The number of hydrogen-bond donors (Lipinski definition) is 1. The third-order valence-corrected chi connectivity index (χ3v) is 3.65. The number of benzene rings is 1. The van der Waals surface area contributed by atoms with Crippen molar-refractivity contribution in [1.29, 1.82) is 0 Å². The molecule has 6 nitrogen and oxygen atoms in total. The molecule has 3 rings (SSSR count). The minimum Gasteiger partial charge on any atom is -0.366 e. The first-order valence-electron chi connectivity index (χ1n) is 7.17. The highest BCUT2D eigenvalue weighted by Gasteiger charge is 2.14. The summed E-state index contributed by atoms with van der Waals surface area (Å²) in [6.07, 6.45) is 5.10. The summed E-state index contributed by atoms with van der Waals surface area (Å²) in [5.41, 5.74) is 8.41. The van der Waals surface area contributed by atoms with Crippen molar-refractivity contribution in [2.75, 3.05) is 0 Å². The number of amides is 1. The topological polar surface area (TPSA) is 90.9 Å². The monoisotopic (exact) mass is 308 g/mol. The van der Waals surface area contributed by atoms with E-state index in [9.17, 15) is 9.59 Å². The van der Waals surface area contributed by atoms with Crippen LogP contribution in [0.15, 0.2) is 36.8 Å². The average molecular weight is 308 g/mol. The summed E-state index contributed by atoms with van der Waals surface area (Å²) < 4.78 is 1.74. The predicted octanol–water partition coefficient (Wildman–Crippen LogP) is 2.09. The van der Waals surface area contributed by atoms with Gasteiger partial charge in [0.15, 0.2) is 0 Å². The Morgan fingerprint density at radius 2 is 1.87 bits per heavy atom. The van der Waals surface area contributed by atoms with Crippen molar-refractivity contribution in [3.8, 4) is 11.1 Å². The van der Waals surface area contributed by atoms with Crippen LogP contribution in [-0.4, -0.2) is 26.2 Å². The first kappa shape index (κ1) is 14.9. The molecular formula is C17H16N4O2. The minimum absolute atomic E-state index is 0.00827. The number of carbonyl (C=O) groups is 2. The van der Waals surface area contributed by atoms with Gasteiger partial charge in [-0.2, -0.15) is 0 Å². The summed E-state index contributed by atoms with van der Waals surface area (Å²) in [4.78, 5) is 31.5. The third-order valence-electron chi connectivity index (χ3n) is 3.65. The fourth-order valence-corrected chi connectivity index (χ4v) is 2.59. The molecule has 0 spiro atoms. The number of nitrogens with zero attached hydrogens (tertiary/aromatic N) is 3. The molecular weight excluding hydrogens is 292 g/mol. The Balaban J connectivity index is 2.18. The van der Waals surface area contributed by atoms with Gasteiger partial charge in [0, 0.05) is 35.1 Å². The maximum Gasteiger partial charge on any atom is 0.250 e. The van der Waals surface area contributed by atoms with Crippen LogP contribution in [0.5, 0.6) is 0 Å². The molecule has 0 atom stereocenters. The molecule has 23 heavy (non-hydrogen) atoms. The van der Waals surface area contributed by atoms with Gasteiger partial charge in [0.1, 0.15) is 11.6 Å². The number of Topliss-reactive ketones (excluding diaryl/α,β-unsaturated/α-hetero) is 1. The quantitative estimate of drug-likeness (QED) is 0.799. The summed E-state index contributed by atoms with van der Waals surface area (Å²) in [6, 6.07) is 5.66. The summed E-state index contributed by atoms with van der Waals surface area (Å²) in [5.74, 6) is 0.184. The van der Waals surface area contributed by atoms with E-state index in [-0.39, 0.29) is 12.3 Å². The largest absolute Gasteiger partial charge is 0.366 e. The Kier molecular flexibility index (Phi) is 3.65. The van der Waals surface area contributed by atoms with Crippen LogP contribution < -0.4 is 5.73 Å². The van der Waals surface area contributed by atoms with Crippen molar-refractivity contribution in [2.45, 2.75) is 20.4 Å².